The minimum absolute atomic E-state index is 0.0631. The molecule has 0 spiro atoms. The first-order valence-corrected chi connectivity index (χ1v) is 6.35. The summed E-state index contributed by atoms with van der Waals surface area (Å²) in [4.78, 5) is 10.5. The van der Waals surface area contributed by atoms with Crippen molar-refractivity contribution in [2.45, 2.75) is 32.8 Å². The minimum atomic E-state index is 0.0631. The number of ether oxygens (including phenoxy) is 2. The summed E-state index contributed by atoms with van der Waals surface area (Å²) in [5, 5.41) is 0. The maximum atomic E-state index is 10.5. The molecule has 94 valence electrons. The fourth-order valence-corrected chi connectivity index (χ4v) is 2.05. The maximum Gasteiger partial charge on any atom is 0.165 e. The van der Waals surface area contributed by atoms with Crippen LogP contribution in [-0.2, 0) is 11.2 Å². The van der Waals surface area contributed by atoms with Gasteiger partial charge in [0, 0.05) is 16.5 Å². The lowest BCUT2D eigenvalue weighted by Crippen LogP contribution is -2.09. The van der Waals surface area contributed by atoms with Gasteiger partial charge in [0.1, 0.15) is 6.29 Å². The highest BCUT2D eigenvalue weighted by atomic mass is 79.9. The normalized spacial score (nSPS) is 10.4. The Labute approximate surface area is 110 Å². The van der Waals surface area contributed by atoms with Gasteiger partial charge in [-0.25, -0.2) is 0 Å². The molecule has 0 aliphatic carbocycles. The minimum Gasteiger partial charge on any atom is -0.493 e. The van der Waals surface area contributed by atoms with Crippen LogP contribution in [0.4, 0.5) is 0 Å². The molecule has 1 aromatic rings. The van der Waals surface area contributed by atoms with Crippen LogP contribution in [0.3, 0.4) is 0 Å². The van der Waals surface area contributed by atoms with Crippen molar-refractivity contribution in [2.75, 3.05) is 7.11 Å². The molecular weight excluding hydrogens is 284 g/mol. The van der Waals surface area contributed by atoms with E-state index in [0.29, 0.717) is 18.6 Å². The fourth-order valence-electron chi connectivity index (χ4n) is 1.54. The van der Waals surface area contributed by atoms with Crippen molar-refractivity contribution in [3.63, 3.8) is 0 Å². The van der Waals surface area contributed by atoms with Crippen LogP contribution in [0, 0.1) is 0 Å². The maximum absolute atomic E-state index is 10.5. The van der Waals surface area contributed by atoms with Crippen molar-refractivity contribution < 1.29 is 14.3 Å². The zero-order valence-corrected chi connectivity index (χ0v) is 11.9. The molecule has 0 amide bonds. The Kier molecular flexibility index (Phi) is 5.48. The average molecular weight is 301 g/mol. The molecule has 0 N–H and O–H groups in total. The van der Waals surface area contributed by atoms with E-state index in [1.807, 2.05) is 26.0 Å². The predicted molar refractivity (Wildman–Crippen MR) is 70.8 cm³/mol. The largest absolute Gasteiger partial charge is 0.493 e. The van der Waals surface area contributed by atoms with Gasteiger partial charge >= 0.3 is 0 Å². The van der Waals surface area contributed by atoms with Crippen molar-refractivity contribution in [3.05, 3.63) is 22.2 Å². The van der Waals surface area contributed by atoms with Gasteiger partial charge in [-0.15, -0.1) is 0 Å². The zero-order valence-electron chi connectivity index (χ0n) is 10.3. The van der Waals surface area contributed by atoms with Gasteiger partial charge in [-0.05, 0) is 32.4 Å². The van der Waals surface area contributed by atoms with E-state index in [2.05, 4.69) is 15.9 Å². The first-order chi connectivity index (χ1) is 8.10. The van der Waals surface area contributed by atoms with Crippen molar-refractivity contribution in [1.29, 1.82) is 0 Å². The number of aldehydes is 1. The van der Waals surface area contributed by atoms with Crippen LogP contribution in [0.5, 0.6) is 11.5 Å². The van der Waals surface area contributed by atoms with E-state index in [1.165, 1.54) is 0 Å². The number of hydrogen-bond acceptors (Lipinski definition) is 3. The Bertz CT molecular complexity index is 388. The number of carbonyl (C=O) groups is 1. The highest BCUT2D eigenvalue weighted by Crippen LogP contribution is 2.37. The van der Waals surface area contributed by atoms with Crippen LogP contribution >= 0.6 is 15.9 Å². The monoisotopic (exact) mass is 300 g/mol. The number of rotatable bonds is 6. The highest BCUT2D eigenvalue weighted by Gasteiger charge is 2.15. The molecule has 0 saturated carbocycles. The summed E-state index contributed by atoms with van der Waals surface area (Å²) >= 11 is 3.48. The zero-order chi connectivity index (χ0) is 12.8. The lowest BCUT2D eigenvalue weighted by Gasteiger charge is -2.18. The van der Waals surface area contributed by atoms with Crippen molar-refractivity contribution in [2.24, 2.45) is 0 Å². The summed E-state index contributed by atoms with van der Waals surface area (Å²) < 4.78 is 12.0. The molecule has 0 fully saturated rings. The Morgan fingerprint density at radius 1 is 1.41 bits per heavy atom. The van der Waals surface area contributed by atoms with Crippen molar-refractivity contribution in [1.82, 2.24) is 0 Å². The van der Waals surface area contributed by atoms with Crippen LogP contribution in [0.15, 0.2) is 16.6 Å². The third-order valence-corrected chi connectivity index (χ3v) is 3.00. The summed E-state index contributed by atoms with van der Waals surface area (Å²) in [6.45, 7) is 3.92. The van der Waals surface area contributed by atoms with Gasteiger partial charge in [-0.2, -0.15) is 0 Å². The van der Waals surface area contributed by atoms with E-state index in [1.54, 1.807) is 7.11 Å². The van der Waals surface area contributed by atoms with Crippen molar-refractivity contribution >= 4 is 22.2 Å². The highest BCUT2D eigenvalue weighted by molar-refractivity contribution is 9.10. The second-order valence-electron chi connectivity index (χ2n) is 3.93. The molecule has 0 heterocycles. The molecule has 0 radical (unpaired) electrons. The molecule has 0 unspecified atom stereocenters. The third kappa shape index (κ3) is 3.73. The van der Waals surface area contributed by atoms with E-state index in [-0.39, 0.29) is 6.10 Å². The standard InChI is InChI=1S/C13H17BrO3/c1-9(2)17-13-10(5-4-8-15)11(14)6-7-12(13)16-3/h6-9H,4-5H2,1-3H3. The van der Waals surface area contributed by atoms with Crippen LogP contribution in [-0.4, -0.2) is 19.5 Å². The molecule has 0 aliphatic heterocycles. The fraction of sp³-hybridized carbons (Fsp3) is 0.462. The number of hydrogen-bond donors (Lipinski definition) is 0. The van der Waals surface area contributed by atoms with Gasteiger partial charge in [-0.3, -0.25) is 0 Å². The van der Waals surface area contributed by atoms with Gasteiger partial charge in [0.05, 0.1) is 13.2 Å². The lowest BCUT2D eigenvalue weighted by atomic mass is 10.1. The Morgan fingerprint density at radius 2 is 2.12 bits per heavy atom. The Balaban J connectivity index is 3.15. The van der Waals surface area contributed by atoms with Crippen LogP contribution in [0.1, 0.15) is 25.8 Å². The van der Waals surface area contributed by atoms with E-state index >= 15 is 0 Å². The summed E-state index contributed by atoms with van der Waals surface area (Å²) in [7, 11) is 1.61. The van der Waals surface area contributed by atoms with Crippen LogP contribution in [0.2, 0.25) is 0 Å². The van der Waals surface area contributed by atoms with E-state index < -0.39 is 0 Å². The first kappa shape index (κ1) is 14.0. The van der Waals surface area contributed by atoms with E-state index in [0.717, 1.165) is 22.1 Å². The van der Waals surface area contributed by atoms with Crippen LogP contribution < -0.4 is 9.47 Å². The van der Waals surface area contributed by atoms with Gasteiger partial charge in [-0.1, -0.05) is 15.9 Å². The molecule has 3 nitrogen and oxygen atoms in total. The molecule has 0 aromatic heterocycles. The van der Waals surface area contributed by atoms with Gasteiger partial charge in [0.15, 0.2) is 11.5 Å². The third-order valence-electron chi connectivity index (χ3n) is 2.25. The molecule has 1 aromatic carbocycles. The molecule has 0 saturated heterocycles. The summed E-state index contributed by atoms with van der Waals surface area (Å²) in [6.07, 6.45) is 2.09. The Hall–Kier alpha value is -1.03. The van der Waals surface area contributed by atoms with Gasteiger partial charge < -0.3 is 14.3 Å². The number of carbonyl (C=O) groups excluding carboxylic acids is 1. The SMILES string of the molecule is COc1ccc(Br)c(CCC=O)c1OC(C)C. The number of halogens is 1. The summed E-state index contributed by atoms with van der Waals surface area (Å²) in [5.41, 5.74) is 0.977. The van der Waals surface area contributed by atoms with E-state index in [9.17, 15) is 4.79 Å². The quantitative estimate of drug-likeness (QED) is 0.756. The molecule has 0 bridgehead atoms. The second-order valence-corrected chi connectivity index (χ2v) is 4.78. The van der Waals surface area contributed by atoms with E-state index in [4.69, 9.17) is 9.47 Å². The van der Waals surface area contributed by atoms with Gasteiger partial charge in [0.25, 0.3) is 0 Å². The van der Waals surface area contributed by atoms with Gasteiger partial charge in [0.2, 0.25) is 0 Å². The first-order valence-electron chi connectivity index (χ1n) is 5.55. The smallest absolute Gasteiger partial charge is 0.165 e. The molecular formula is C13H17BrO3. The van der Waals surface area contributed by atoms with Crippen LogP contribution in [0.25, 0.3) is 0 Å². The molecule has 17 heavy (non-hydrogen) atoms. The summed E-state index contributed by atoms with van der Waals surface area (Å²) in [5.74, 6) is 1.42. The Morgan fingerprint density at radius 3 is 2.65 bits per heavy atom. The lowest BCUT2D eigenvalue weighted by molar-refractivity contribution is -0.107. The van der Waals surface area contributed by atoms with Crippen molar-refractivity contribution in [3.8, 4) is 11.5 Å². The summed E-state index contributed by atoms with van der Waals surface area (Å²) in [6, 6.07) is 3.76. The molecule has 1 rings (SSSR count). The average Bonchev–Trinajstić information content (AvgIpc) is 2.28. The predicted octanol–water partition coefficient (Wildman–Crippen LogP) is 3.38. The topological polar surface area (TPSA) is 35.5 Å². The number of benzene rings is 1. The molecule has 0 aliphatic rings. The number of methoxy groups -OCH3 is 1. The molecule has 4 heteroatoms. The molecule has 0 atom stereocenters. The second kappa shape index (κ2) is 6.64.